The summed E-state index contributed by atoms with van der Waals surface area (Å²) in [6.45, 7) is 1.50. The minimum absolute atomic E-state index is 0.301. The highest BCUT2D eigenvalue weighted by Gasteiger charge is 2.25. The van der Waals surface area contributed by atoms with Crippen molar-refractivity contribution in [3.63, 3.8) is 0 Å². The average Bonchev–Trinajstić information content (AvgIpc) is 2.57. The molecular formula is C13H20BrClN2O. The van der Waals surface area contributed by atoms with Gasteiger partial charge >= 0.3 is 0 Å². The van der Waals surface area contributed by atoms with Crippen LogP contribution in [-0.2, 0) is 11.3 Å². The fourth-order valence-corrected chi connectivity index (χ4v) is 3.67. The Kier molecular flexibility index (Phi) is 5.52. The van der Waals surface area contributed by atoms with E-state index in [0.29, 0.717) is 17.9 Å². The van der Waals surface area contributed by atoms with Gasteiger partial charge in [-0.15, -0.1) is 11.6 Å². The molecule has 2 rings (SSSR count). The Morgan fingerprint density at radius 1 is 1.50 bits per heavy atom. The second kappa shape index (κ2) is 6.92. The summed E-state index contributed by atoms with van der Waals surface area (Å²) < 4.78 is 8.31. The van der Waals surface area contributed by atoms with Crippen LogP contribution in [0.25, 0.3) is 0 Å². The molecule has 2 unspecified atom stereocenters. The smallest absolute Gasteiger partial charge is 0.0658 e. The summed E-state index contributed by atoms with van der Waals surface area (Å²) in [6.07, 6.45) is 7.80. The molecule has 1 saturated carbocycles. The van der Waals surface area contributed by atoms with Gasteiger partial charge in [-0.3, -0.25) is 4.68 Å². The van der Waals surface area contributed by atoms with Gasteiger partial charge in [0.15, 0.2) is 0 Å². The molecule has 0 bridgehead atoms. The maximum Gasteiger partial charge on any atom is 0.0658 e. The van der Waals surface area contributed by atoms with E-state index in [1.54, 1.807) is 7.11 Å². The predicted molar refractivity (Wildman–Crippen MR) is 77.3 cm³/mol. The van der Waals surface area contributed by atoms with Gasteiger partial charge in [-0.05, 0) is 35.2 Å². The fraction of sp³-hybridized carbons (Fsp3) is 0.769. The zero-order chi connectivity index (χ0) is 13.0. The van der Waals surface area contributed by atoms with Crippen LogP contribution in [0, 0.1) is 0 Å². The van der Waals surface area contributed by atoms with Gasteiger partial charge in [-0.1, -0.05) is 12.8 Å². The molecule has 1 aliphatic carbocycles. The summed E-state index contributed by atoms with van der Waals surface area (Å²) in [5, 5.41) is 4.73. The first-order chi connectivity index (χ1) is 8.72. The Hall–Kier alpha value is -0.0600. The lowest BCUT2D eigenvalue weighted by molar-refractivity contribution is 0.181. The van der Waals surface area contributed by atoms with Crippen LogP contribution in [0.15, 0.2) is 10.7 Å². The van der Waals surface area contributed by atoms with E-state index in [1.165, 1.54) is 25.0 Å². The van der Waals surface area contributed by atoms with Crippen molar-refractivity contribution in [1.29, 1.82) is 0 Å². The first kappa shape index (κ1) is 14.4. The van der Waals surface area contributed by atoms with Gasteiger partial charge in [0, 0.05) is 18.4 Å². The lowest BCUT2D eigenvalue weighted by atomic mass is 9.96. The molecule has 5 heteroatoms. The van der Waals surface area contributed by atoms with Gasteiger partial charge in [0.25, 0.3) is 0 Å². The van der Waals surface area contributed by atoms with Gasteiger partial charge in [0.1, 0.15) is 0 Å². The van der Waals surface area contributed by atoms with Crippen LogP contribution in [0.4, 0.5) is 0 Å². The number of alkyl halides is 1. The molecule has 1 aromatic heterocycles. The second-order valence-electron chi connectivity index (χ2n) is 4.91. The van der Waals surface area contributed by atoms with Crippen molar-refractivity contribution >= 4 is 27.5 Å². The molecule has 0 amide bonds. The van der Waals surface area contributed by atoms with Crippen LogP contribution in [0.1, 0.15) is 43.7 Å². The van der Waals surface area contributed by atoms with Crippen LogP contribution in [0.5, 0.6) is 0 Å². The van der Waals surface area contributed by atoms with Crippen molar-refractivity contribution in [3.8, 4) is 0 Å². The number of methoxy groups -OCH3 is 1. The molecule has 3 nitrogen and oxygen atoms in total. The molecular weight excluding hydrogens is 316 g/mol. The van der Waals surface area contributed by atoms with Gasteiger partial charge in [0.05, 0.1) is 29.5 Å². The van der Waals surface area contributed by atoms with E-state index in [0.717, 1.165) is 23.9 Å². The molecule has 0 aliphatic heterocycles. The number of aromatic nitrogens is 2. The Morgan fingerprint density at radius 2 is 2.28 bits per heavy atom. The summed E-state index contributed by atoms with van der Waals surface area (Å²) in [7, 11) is 1.72. The van der Waals surface area contributed by atoms with E-state index in [9.17, 15) is 0 Å². The highest BCUT2D eigenvalue weighted by atomic mass is 79.9. The van der Waals surface area contributed by atoms with Crippen molar-refractivity contribution in [2.75, 3.05) is 13.7 Å². The van der Waals surface area contributed by atoms with Gasteiger partial charge in [0.2, 0.25) is 0 Å². The van der Waals surface area contributed by atoms with E-state index in [2.05, 4.69) is 25.7 Å². The SMILES string of the molecule is COCCn1ncc(Br)c1C1CCCCC(Cl)C1. The fourth-order valence-electron chi connectivity index (χ4n) is 2.68. The lowest BCUT2D eigenvalue weighted by Gasteiger charge is -2.18. The molecule has 0 N–H and O–H groups in total. The van der Waals surface area contributed by atoms with Crippen LogP contribution < -0.4 is 0 Å². The lowest BCUT2D eigenvalue weighted by Crippen LogP contribution is -2.14. The Balaban J connectivity index is 2.16. The number of hydrogen-bond donors (Lipinski definition) is 0. The monoisotopic (exact) mass is 334 g/mol. The van der Waals surface area contributed by atoms with Crippen molar-refractivity contribution in [1.82, 2.24) is 9.78 Å². The Morgan fingerprint density at radius 3 is 3.06 bits per heavy atom. The van der Waals surface area contributed by atoms with Gasteiger partial charge < -0.3 is 4.74 Å². The number of rotatable bonds is 4. The molecule has 0 radical (unpaired) electrons. The summed E-state index contributed by atoms with van der Waals surface area (Å²) >= 11 is 9.99. The quantitative estimate of drug-likeness (QED) is 0.615. The van der Waals surface area contributed by atoms with Crippen molar-refractivity contribution in [2.24, 2.45) is 0 Å². The third-order valence-corrected chi connectivity index (χ3v) is 4.59. The van der Waals surface area contributed by atoms with Crippen molar-refractivity contribution in [3.05, 3.63) is 16.4 Å². The molecule has 1 aliphatic rings. The molecule has 1 heterocycles. The maximum absolute atomic E-state index is 6.37. The minimum Gasteiger partial charge on any atom is -0.383 e. The molecule has 0 aromatic carbocycles. The Bertz CT molecular complexity index is 383. The van der Waals surface area contributed by atoms with Crippen molar-refractivity contribution in [2.45, 2.75) is 49.9 Å². The molecule has 2 atom stereocenters. The highest BCUT2D eigenvalue weighted by Crippen LogP contribution is 2.37. The number of ether oxygens (including phenoxy) is 1. The summed E-state index contributed by atoms with van der Waals surface area (Å²) in [6, 6.07) is 0. The van der Waals surface area contributed by atoms with E-state index >= 15 is 0 Å². The standard InChI is InChI=1S/C13H20BrClN2O/c1-18-7-6-17-13(12(14)9-16-17)10-4-2-3-5-11(15)8-10/h9-11H,2-8H2,1H3. The van der Waals surface area contributed by atoms with Crippen LogP contribution in [0.2, 0.25) is 0 Å². The first-order valence-electron chi connectivity index (χ1n) is 6.56. The number of halogens is 2. The molecule has 18 heavy (non-hydrogen) atoms. The molecule has 0 spiro atoms. The minimum atomic E-state index is 0.301. The number of nitrogens with zero attached hydrogens (tertiary/aromatic N) is 2. The summed E-state index contributed by atoms with van der Waals surface area (Å²) in [5.41, 5.74) is 1.29. The molecule has 1 aromatic rings. The van der Waals surface area contributed by atoms with Crippen LogP contribution >= 0.6 is 27.5 Å². The zero-order valence-corrected chi connectivity index (χ0v) is 13.1. The van der Waals surface area contributed by atoms with Crippen LogP contribution in [-0.4, -0.2) is 28.9 Å². The van der Waals surface area contributed by atoms with E-state index < -0.39 is 0 Å². The largest absolute Gasteiger partial charge is 0.383 e. The molecule has 102 valence electrons. The van der Waals surface area contributed by atoms with E-state index in [4.69, 9.17) is 16.3 Å². The molecule has 1 fully saturated rings. The first-order valence-corrected chi connectivity index (χ1v) is 7.79. The van der Waals surface area contributed by atoms with Crippen LogP contribution in [0.3, 0.4) is 0 Å². The summed E-state index contributed by atoms with van der Waals surface area (Å²) in [4.78, 5) is 0. The highest BCUT2D eigenvalue weighted by molar-refractivity contribution is 9.10. The second-order valence-corrected chi connectivity index (χ2v) is 6.38. The third kappa shape index (κ3) is 3.49. The summed E-state index contributed by atoms with van der Waals surface area (Å²) in [5.74, 6) is 0.517. The van der Waals surface area contributed by atoms with E-state index in [-0.39, 0.29) is 0 Å². The van der Waals surface area contributed by atoms with Crippen molar-refractivity contribution < 1.29 is 4.74 Å². The zero-order valence-electron chi connectivity index (χ0n) is 10.7. The number of hydrogen-bond acceptors (Lipinski definition) is 2. The predicted octanol–water partition coefficient (Wildman–Crippen LogP) is 3.95. The normalized spacial score (nSPS) is 25.1. The molecule has 0 saturated heterocycles. The van der Waals surface area contributed by atoms with Gasteiger partial charge in [-0.25, -0.2) is 0 Å². The third-order valence-electron chi connectivity index (χ3n) is 3.59. The Labute approximate surface area is 122 Å². The van der Waals surface area contributed by atoms with E-state index in [1.807, 2.05) is 6.20 Å². The maximum atomic E-state index is 6.37. The topological polar surface area (TPSA) is 27.1 Å². The van der Waals surface area contributed by atoms with Gasteiger partial charge in [-0.2, -0.15) is 5.10 Å². The average molecular weight is 336 g/mol.